The summed E-state index contributed by atoms with van der Waals surface area (Å²) in [5.41, 5.74) is 2.02. The molecule has 116 valence electrons. The van der Waals surface area contributed by atoms with Crippen LogP contribution in [0.25, 0.3) is 0 Å². The number of hydrogen-bond acceptors (Lipinski definition) is 3. The van der Waals surface area contributed by atoms with E-state index < -0.39 is 17.3 Å². The Labute approximate surface area is 132 Å². The molecule has 1 aliphatic heterocycles. The predicted octanol–water partition coefficient (Wildman–Crippen LogP) is 2.35. The standard InChI is InChI=1S/C16H18N2O3S/c1-12-4-6-13(7-5-12)22(21)18-10-9-17-8-2-3-14(17)15(18)11-16(19)20/h2-8,15H,9-11H2,1H3,(H,19,20). The highest BCUT2D eigenvalue weighted by atomic mass is 32.2. The lowest BCUT2D eigenvalue weighted by atomic mass is 10.1. The van der Waals surface area contributed by atoms with Gasteiger partial charge in [-0.2, -0.15) is 0 Å². The summed E-state index contributed by atoms with van der Waals surface area (Å²) in [5.74, 6) is -0.884. The lowest BCUT2D eigenvalue weighted by Gasteiger charge is -2.35. The first-order valence-electron chi connectivity index (χ1n) is 7.18. The molecule has 1 N–H and O–H groups in total. The van der Waals surface area contributed by atoms with E-state index in [0.29, 0.717) is 11.4 Å². The van der Waals surface area contributed by atoms with Crippen molar-refractivity contribution in [1.82, 2.24) is 8.87 Å². The molecule has 1 aromatic heterocycles. The van der Waals surface area contributed by atoms with Crippen LogP contribution >= 0.6 is 0 Å². The van der Waals surface area contributed by atoms with Gasteiger partial charge in [0.2, 0.25) is 0 Å². The van der Waals surface area contributed by atoms with Crippen molar-refractivity contribution in [2.75, 3.05) is 6.54 Å². The van der Waals surface area contributed by atoms with E-state index >= 15 is 0 Å². The number of hydrogen-bond donors (Lipinski definition) is 1. The van der Waals surface area contributed by atoms with E-state index in [2.05, 4.69) is 0 Å². The third kappa shape index (κ3) is 2.90. The second kappa shape index (κ2) is 6.16. The van der Waals surface area contributed by atoms with Crippen molar-refractivity contribution < 1.29 is 14.5 Å². The van der Waals surface area contributed by atoms with Crippen LogP contribution in [0, 0.1) is 6.92 Å². The quantitative estimate of drug-likeness (QED) is 0.879. The maximum Gasteiger partial charge on any atom is 0.305 e. The Kier molecular flexibility index (Phi) is 4.24. The molecule has 1 aromatic carbocycles. The molecule has 5 nitrogen and oxygen atoms in total. The summed E-state index contributed by atoms with van der Waals surface area (Å²) in [6, 6.07) is 11.0. The third-order valence-electron chi connectivity index (χ3n) is 3.92. The van der Waals surface area contributed by atoms with Crippen molar-refractivity contribution in [3.63, 3.8) is 0 Å². The monoisotopic (exact) mass is 318 g/mol. The Balaban J connectivity index is 1.91. The van der Waals surface area contributed by atoms with Crippen molar-refractivity contribution >= 4 is 17.3 Å². The number of fused-ring (bicyclic) bond motifs is 1. The van der Waals surface area contributed by atoms with E-state index in [9.17, 15) is 14.5 Å². The van der Waals surface area contributed by atoms with Gasteiger partial charge in [-0.15, -0.1) is 4.31 Å². The second-order valence-electron chi connectivity index (χ2n) is 5.44. The minimum Gasteiger partial charge on any atom is -0.593 e. The molecular weight excluding hydrogens is 300 g/mol. The molecule has 2 heterocycles. The number of aryl methyl sites for hydroxylation is 1. The zero-order chi connectivity index (χ0) is 15.7. The van der Waals surface area contributed by atoms with Crippen LogP contribution in [0.5, 0.6) is 0 Å². The second-order valence-corrected chi connectivity index (χ2v) is 6.88. The van der Waals surface area contributed by atoms with Crippen LogP contribution < -0.4 is 0 Å². The van der Waals surface area contributed by atoms with Gasteiger partial charge in [-0.1, -0.05) is 17.7 Å². The number of carboxylic acid groups (broad SMARTS) is 1. The molecule has 0 radical (unpaired) electrons. The smallest absolute Gasteiger partial charge is 0.305 e. The van der Waals surface area contributed by atoms with Crippen molar-refractivity contribution in [2.24, 2.45) is 0 Å². The average Bonchev–Trinajstić information content (AvgIpc) is 2.96. The van der Waals surface area contributed by atoms with Gasteiger partial charge in [0.05, 0.1) is 24.3 Å². The highest BCUT2D eigenvalue weighted by Crippen LogP contribution is 2.33. The number of carbonyl (C=O) groups is 1. The molecule has 0 spiro atoms. The lowest BCUT2D eigenvalue weighted by Crippen LogP contribution is -2.42. The molecule has 0 aliphatic carbocycles. The molecule has 2 unspecified atom stereocenters. The first-order chi connectivity index (χ1) is 10.6. The zero-order valence-corrected chi connectivity index (χ0v) is 13.1. The first-order valence-corrected chi connectivity index (χ1v) is 8.29. The molecule has 2 aromatic rings. The van der Waals surface area contributed by atoms with E-state index in [1.807, 2.05) is 54.1 Å². The van der Waals surface area contributed by atoms with Gasteiger partial charge in [0.15, 0.2) is 4.90 Å². The summed E-state index contributed by atoms with van der Waals surface area (Å²) in [6.45, 7) is 3.27. The van der Waals surface area contributed by atoms with Crippen LogP contribution in [0.15, 0.2) is 47.5 Å². The molecular formula is C16H18N2O3S. The fraction of sp³-hybridized carbons (Fsp3) is 0.312. The van der Waals surface area contributed by atoms with Gasteiger partial charge in [0.25, 0.3) is 0 Å². The Hall–Kier alpha value is -1.76. The highest BCUT2D eigenvalue weighted by Gasteiger charge is 2.37. The Morgan fingerprint density at radius 2 is 2.05 bits per heavy atom. The molecule has 0 saturated heterocycles. The fourth-order valence-electron chi connectivity index (χ4n) is 2.80. The molecule has 0 fully saturated rings. The van der Waals surface area contributed by atoms with Gasteiger partial charge in [-0.3, -0.25) is 4.79 Å². The predicted molar refractivity (Wildman–Crippen MR) is 83.7 cm³/mol. The molecule has 2 atom stereocenters. The Morgan fingerprint density at radius 3 is 2.73 bits per heavy atom. The van der Waals surface area contributed by atoms with Crippen molar-refractivity contribution in [3.8, 4) is 0 Å². The molecule has 0 bridgehead atoms. The third-order valence-corrected chi connectivity index (χ3v) is 5.46. The van der Waals surface area contributed by atoms with E-state index in [1.165, 1.54) is 0 Å². The molecule has 6 heteroatoms. The van der Waals surface area contributed by atoms with Crippen LogP contribution in [0.1, 0.15) is 23.7 Å². The molecule has 22 heavy (non-hydrogen) atoms. The largest absolute Gasteiger partial charge is 0.593 e. The Bertz CT molecular complexity index is 668. The van der Waals surface area contributed by atoms with Crippen molar-refractivity contribution in [1.29, 1.82) is 0 Å². The summed E-state index contributed by atoms with van der Waals surface area (Å²) < 4.78 is 16.7. The molecule has 0 amide bonds. The zero-order valence-electron chi connectivity index (χ0n) is 12.3. The van der Waals surface area contributed by atoms with Crippen molar-refractivity contribution in [3.05, 3.63) is 53.9 Å². The fourth-order valence-corrected chi connectivity index (χ4v) is 4.10. The number of rotatable bonds is 4. The van der Waals surface area contributed by atoms with Gasteiger partial charge in [-0.25, -0.2) is 0 Å². The van der Waals surface area contributed by atoms with E-state index in [0.717, 1.165) is 17.8 Å². The van der Waals surface area contributed by atoms with E-state index in [4.69, 9.17) is 0 Å². The molecule has 0 saturated carbocycles. The number of aliphatic carboxylic acids is 1. The maximum atomic E-state index is 12.9. The minimum absolute atomic E-state index is 0.0540. The van der Waals surface area contributed by atoms with Crippen molar-refractivity contribution in [2.45, 2.75) is 30.8 Å². The van der Waals surface area contributed by atoms with Crippen LogP contribution in [-0.4, -0.2) is 31.0 Å². The topological polar surface area (TPSA) is 68.5 Å². The van der Waals surface area contributed by atoms with E-state index in [-0.39, 0.29) is 12.5 Å². The first kappa shape index (κ1) is 15.1. The van der Waals surface area contributed by atoms with Crippen LogP contribution in [0.4, 0.5) is 0 Å². The summed E-state index contributed by atoms with van der Waals surface area (Å²) in [6.07, 6.45) is 1.89. The molecule has 3 rings (SSSR count). The number of nitrogens with zero attached hydrogens (tertiary/aromatic N) is 2. The lowest BCUT2D eigenvalue weighted by molar-refractivity contribution is -0.138. The van der Waals surface area contributed by atoms with Crippen LogP contribution in [0.3, 0.4) is 0 Å². The minimum atomic E-state index is -1.36. The SMILES string of the molecule is Cc1ccc([S+]([O-])N2CCn3cccc3C2CC(=O)O)cc1. The summed E-state index contributed by atoms with van der Waals surface area (Å²) in [7, 11) is 0. The van der Waals surface area contributed by atoms with Crippen LogP contribution in [-0.2, 0) is 22.7 Å². The Morgan fingerprint density at radius 1 is 1.32 bits per heavy atom. The number of benzene rings is 1. The van der Waals surface area contributed by atoms with Gasteiger partial charge in [-0.05, 0) is 31.2 Å². The van der Waals surface area contributed by atoms with Gasteiger partial charge < -0.3 is 14.2 Å². The van der Waals surface area contributed by atoms with Gasteiger partial charge >= 0.3 is 5.97 Å². The van der Waals surface area contributed by atoms with Crippen LogP contribution in [0.2, 0.25) is 0 Å². The van der Waals surface area contributed by atoms with Gasteiger partial charge in [0, 0.05) is 18.4 Å². The molecule has 1 aliphatic rings. The number of carboxylic acids is 1. The summed E-state index contributed by atoms with van der Waals surface area (Å²) in [5, 5.41) is 9.20. The summed E-state index contributed by atoms with van der Waals surface area (Å²) in [4.78, 5) is 11.9. The summed E-state index contributed by atoms with van der Waals surface area (Å²) >= 11 is -1.36. The number of aromatic nitrogens is 1. The van der Waals surface area contributed by atoms with Gasteiger partial charge in [0.1, 0.15) is 6.04 Å². The highest BCUT2D eigenvalue weighted by molar-refractivity contribution is 7.89. The van der Waals surface area contributed by atoms with E-state index in [1.54, 1.807) is 4.31 Å². The normalized spacial score (nSPS) is 19.6. The average molecular weight is 318 g/mol. The maximum absolute atomic E-state index is 12.9.